The van der Waals surface area contributed by atoms with E-state index in [4.69, 9.17) is 5.73 Å². The molecule has 1 atom stereocenters. The molecule has 3 N–H and O–H groups in total. The molecule has 0 aromatic heterocycles. The van der Waals surface area contributed by atoms with E-state index in [1.54, 1.807) is 12.1 Å². The van der Waals surface area contributed by atoms with Crippen molar-refractivity contribution in [2.75, 3.05) is 13.7 Å². The van der Waals surface area contributed by atoms with Gasteiger partial charge >= 0.3 is 5.97 Å². The standard InChI is InChI=1S/C21H24N2O3/c1-4-11-23-21(25)17-10-5-7-14(2)20(17)16-9-6-8-15(12-16)18(22)13-19(24)26-3/h4-10,12,18H,1,11,13,22H2,2-3H3,(H,23,25)/t18-/m0/s1. The lowest BCUT2D eigenvalue weighted by Crippen LogP contribution is -2.24. The average Bonchev–Trinajstić information content (AvgIpc) is 2.65. The Kier molecular flexibility index (Phi) is 6.69. The Morgan fingerprint density at radius 1 is 1.27 bits per heavy atom. The number of amides is 1. The first kappa shape index (κ1) is 19.4. The Balaban J connectivity index is 2.42. The summed E-state index contributed by atoms with van der Waals surface area (Å²) < 4.78 is 4.68. The van der Waals surface area contributed by atoms with Crippen molar-refractivity contribution in [3.8, 4) is 11.1 Å². The number of ether oxygens (including phenoxy) is 1. The summed E-state index contributed by atoms with van der Waals surface area (Å²) in [6, 6.07) is 12.7. The first-order valence-electron chi connectivity index (χ1n) is 8.39. The molecule has 136 valence electrons. The van der Waals surface area contributed by atoms with Crippen LogP contribution in [0.15, 0.2) is 55.1 Å². The molecular formula is C21H24N2O3. The molecule has 26 heavy (non-hydrogen) atoms. The lowest BCUT2D eigenvalue weighted by Gasteiger charge is -2.16. The molecule has 0 fully saturated rings. The molecule has 0 aliphatic carbocycles. The normalized spacial score (nSPS) is 11.5. The van der Waals surface area contributed by atoms with Gasteiger partial charge in [-0.15, -0.1) is 6.58 Å². The van der Waals surface area contributed by atoms with Crippen molar-refractivity contribution in [1.29, 1.82) is 0 Å². The van der Waals surface area contributed by atoms with Crippen LogP contribution in [0.25, 0.3) is 11.1 Å². The van der Waals surface area contributed by atoms with Crippen LogP contribution in [0.2, 0.25) is 0 Å². The second kappa shape index (κ2) is 8.97. The van der Waals surface area contributed by atoms with Crippen molar-refractivity contribution in [2.24, 2.45) is 5.73 Å². The zero-order valence-electron chi connectivity index (χ0n) is 15.1. The van der Waals surface area contributed by atoms with Gasteiger partial charge in [0, 0.05) is 18.2 Å². The fourth-order valence-electron chi connectivity index (χ4n) is 2.81. The highest BCUT2D eigenvalue weighted by molar-refractivity contribution is 6.01. The zero-order valence-corrected chi connectivity index (χ0v) is 15.1. The molecule has 0 saturated carbocycles. The maximum atomic E-state index is 12.5. The number of carbonyl (C=O) groups excluding carboxylic acids is 2. The highest BCUT2D eigenvalue weighted by Crippen LogP contribution is 2.30. The largest absolute Gasteiger partial charge is 0.469 e. The number of nitrogens with two attached hydrogens (primary N) is 1. The Morgan fingerprint density at radius 2 is 2.00 bits per heavy atom. The van der Waals surface area contributed by atoms with Crippen LogP contribution in [0.4, 0.5) is 0 Å². The molecule has 0 radical (unpaired) electrons. The molecule has 0 bridgehead atoms. The Bertz CT molecular complexity index is 815. The Hall–Kier alpha value is -2.92. The predicted octanol–water partition coefficient (Wildman–Crippen LogP) is 3.14. The van der Waals surface area contributed by atoms with E-state index in [0.29, 0.717) is 12.1 Å². The van der Waals surface area contributed by atoms with Crippen LogP contribution in [-0.4, -0.2) is 25.5 Å². The van der Waals surface area contributed by atoms with Crippen molar-refractivity contribution >= 4 is 11.9 Å². The van der Waals surface area contributed by atoms with Gasteiger partial charge in [-0.2, -0.15) is 0 Å². The lowest BCUT2D eigenvalue weighted by atomic mass is 9.92. The van der Waals surface area contributed by atoms with Crippen molar-refractivity contribution < 1.29 is 14.3 Å². The number of esters is 1. The maximum Gasteiger partial charge on any atom is 0.307 e. The van der Waals surface area contributed by atoms with Gasteiger partial charge < -0.3 is 15.8 Å². The second-order valence-electron chi connectivity index (χ2n) is 6.01. The number of rotatable bonds is 7. The third kappa shape index (κ3) is 4.58. The Labute approximate surface area is 153 Å². The van der Waals surface area contributed by atoms with Gasteiger partial charge in [0.15, 0.2) is 0 Å². The number of hydrogen-bond acceptors (Lipinski definition) is 4. The minimum Gasteiger partial charge on any atom is -0.469 e. The number of carbonyl (C=O) groups is 2. The SMILES string of the molecule is C=CCNC(=O)c1cccc(C)c1-c1cccc([C@@H](N)CC(=O)OC)c1. The molecule has 2 rings (SSSR count). The van der Waals surface area contributed by atoms with Crippen LogP contribution in [0.3, 0.4) is 0 Å². The van der Waals surface area contributed by atoms with Crippen molar-refractivity contribution in [3.63, 3.8) is 0 Å². The fourth-order valence-corrected chi connectivity index (χ4v) is 2.81. The quantitative estimate of drug-likeness (QED) is 0.592. The van der Waals surface area contributed by atoms with Gasteiger partial charge in [-0.25, -0.2) is 0 Å². The minimum absolute atomic E-state index is 0.0976. The maximum absolute atomic E-state index is 12.5. The van der Waals surface area contributed by atoms with E-state index in [1.807, 2.05) is 43.3 Å². The summed E-state index contributed by atoms with van der Waals surface area (Å²) in [6.07, 6.45) is 1.74. The topological polar surface area (TPSA) is 81.4 Å². The lowest BCUT2D eigenvalue weighted by molar-refractivity contribution is -0.141. The van der Waals surface area contributed by atoms with E-state index >= 15 is 0 Å². The van der Waals surface area contributed by atoms with Gasteiger partial charge in [0.2, 0.25) is 0 Å². The number of hydrogen-bond donors (Lipinski definition) is 2. The molecule has 0 aliphatic heterocycles. The zero-order chi connectivity index (χ0) is 19.1. The van der Waals surface area contributed by atoms with Gasteiger partial charge in [-0.3, -0.25) is 9.59 Å². The van der Waals surface area contributed by atoms with E-state index in [-0.39, 0.29) is 18.3 Å². The van der Waals surface area contributed by atoms with Crippen molar-refractivity contribution in [1.82, 2.24) is 5.32 Å². The summed E-state index contributed by atoms with van der Waals surface area (Å²) in [5.74, 6) is -0.517. The molecule has 0 heterocycles. The van der Waals surface area contributed by atoms with E-state index in [1.165, 1.54) is 7.11 Å². The highest BCUT2D eigenvalue weighted by atomic mass is 16.5. The number of nitrogens with one attached hydrogen (secondary N) is 1. The summed E-state index contributed by atoms with van der Waals surface area (Å²) in [7, 11) is 1.34. The molecule has 2 aromatic carbocycles. The van der Waals surface area contributed by atoms with Crippen LogP contribution in [-0.2, 0) is 9.53 Å². The number of aryl methyl sites for hydroxylation is 1. The minimum atomic E-state index is -0.468. The van der Waals surface area contributed by atoms with Gasteiger partial charge in [0.1, 0.15) is 0 Å². The number of benzene rings is 2. The third-order valence-electron chi connectivity index (χ3n) is 4.14. The van der Waals surface area contributed by atoms with Crippen molar-refractivity contribution in [2.45, 2.75) is 19.4 Å². The summed E-state index contributed by atoms with van der Waals surface area (Å²) in [5, 5.41) is 2.81. The Morgan fingerprint density at radius 3 is 2.69 bits per heavy atom. The smallest absolute Gasteiger partial charge is 0.307 e. The molecule has 1 amide bonds. The second-order valence-corrected chi connectivity index (χ2v) is 6.01. The molecule has 5 nitrogen and oxygen atoms in total. The molecule has 2 aromatic rings. The van der Waals surface area contributed by atoms with Crippen LogP contribution >= 0.6 is 0 Å². The van der Waals surface area contributed by atoms with Gasteiger partial charge in [-0.05, 0) is 41.3 Å². The average molecular weight is 352 g/mol. The van der Waals surface area contributed by atoms with Gasteiger partial charge in [0.25, 0.3) is 5.91 Å². The van der Waals surface area contributed by atoms with Crippen LogP contribution in [0.5, 0.6) is 0 Å². The fraction of sp³-hybridized carbons (Fsp3) is 0.238. The molecule has 0 unspecified atom stereocenters. The molecule has 0 saturated heterocycles. The van der Waals surface area contributed by atoms with E-state index in [9.17, 15) is 9.59 Å². The summed E-state index contributed by atoms with van der Waals surface area (Å²) >= 11 is 0. The first-order valence-corrected chi connectivity index (χ1v) is 8.39. The molecule has 0 aliphatic rings. The molecule has 5 heteroatoms. The summed E-state index contributed by atoms with van der Waals surface area (Å²) in [6.45, 7) is 5.98. The van der Waals surface area contributed by atoms with E-state index < -0.39 is 6.04 Å². The monoisotopic (exact) mass is 352 g/mol. The third-order valence-corrected chi connectivity index (χ3v) is 4.14. The summed E-state index contributed by atoms with van der Waals surface area (Å²) in [5.41, 5.74) is 10.2. The van der Waals surface area contributed by atoms with Crippen LogP contribution in [0, 0.1) is 6.92 Å². The van der Waals surface area contributed by atoms with E-state index in [0.717, 1.165) is 22.3 Å². The molecular weight excluding hydrogens is 328 g/mol. The van der Waals surface area contributed by atoms with Crippen LogP contribution < -0.4 is 11.1 Å². The predicted molar refractivity (Wildman–Crippen MR) is 103 cm³/mol. The number of methoxy groups -OCH3 is 1. The highest BCUT2D eigenvalue weighted by Gasteiger charge is 2.17. The first-order chi connectivity index (χ1) is 12.5. The van der Waals surface area contributed by atoms with Gasteiger partial charge in [0.05, 0.1) is 13.5 Å². The van der Waals surface area contributed by atoms with Gasteiger partial charge in [-0.1, -0.05) is 36.4 Å². The molecule has 0 spiro atoms. The van der Waals surface area contributed by atoms with Crippen LogP contribution in [0.1, 0.15) is 33.9 Å². The van der Waals surface area contributed by atoms with Crippen molar-refractivity contribution in [3.05, 3.63) is 71.8 Å². The van der Waals surface area contributed by atoms with E-state index in [2.05, 4.69) is 16.6 Å². The summed E-state index contributed by atoms with van der Waals surface area (Å²) in [4.78, 5) is 24.0.